The molecule has 3 rings (SSSR count). The van der Waals surface area contributed by atoms with Gasteiger partial charge in [0.15, 0.2) is 0 Å². The lowest BCUT2D eigenvalue weighted by Gasteiger charge is -2.33. The van der Waals surface area contributed by atoms with E-state index in [9.17, 15) is 4.79 Å². The van der Waals surface area contributed by atoms with Gasteiger partial charge >= 0.3 is 11.5 Å². The highest BCUT2D eigenvalue weighted by molar-refractivity contribution is 6.23. The summed E-state index contributed by atoms with van der Waals surface area (Å²) in [7, 11) is 1.62. The lowest BCUT2D eigenvalue weighted by molar-refractivity contribution is -0.113. The maximum Gasteiger partial charge on any atom is 0.335 e. The molecule has 0 bridgehead atoms. The molecule has 0 radical (unpaired) electrons. The Balaban J connectivity index is 2.12. The normalized spacial score (nSPS) is 18.4. The molecule has 0 atom stereocenters. The van der Waals surface area contributed by atoms with Crippen molar-refractivity contribution in [1.82, 2.24) is 0 Å². The average Bonchev–Trinajstić information content (AvgIpc) is 2.75. The first-order chi connectivity index (χ1) is 16.7. The number of Topliss-reactive ketones (excluding diaryl/α,β-unsaturated/α-hetero) is 1. The van der Waals surface area contributed by atoms with Crippen molar-refractivity contribution in [3.63, 3.8) is 0 Å². The average molecular weight is 506 g/mol. The van der Waals surface area contributed by atoms with Crippen LogP contribution in [0, 0.1) is 10.8 Å². The minimum absolute atomic E-state index is 0.0253. The third kappa shape index (κ3) is 6.34. The fourth-order valence-electron chi connectivity index (χ4n) is 3.94. The number of allylic oxidation sites excluding steroid dienone is 8. The molecule has 0 aromatic carbocycles. The van der Waals surface area contributed by atoms with Crippen LogP contribution in [0.3, 0.4) is 0 Å². The van der Waals surface area contributed by atoms with Crippen LogP contribution in [0.25, 0.3) is 6.08 Å². The van der Waals surface area contributed by atoms with Gasteiger partial charge in [-0.1, -0.05) is 41.5 Å². The van der Waals surface area contributed by atoms with Gasteiger partial charge in [0, 0.05) is 23.0 Å². The van der Waals surface area contributed by atoms with Gasteiger partial charge in [0.25, 0.3) is 0 Å². The van der Waals surface area contributed by atoms with Crippen molar-refractivity contribution in [1.29, 1.82) is 0 Å². The van der Waals surface area contributed by atoms with Crippen molar-refractivity contribution < 1.29 is 18.7 Å². The Morgan fingerprint density at radius 2 is 1.19 bits per heavy atom. The monoisotopic (exact) mass is 505 g/mol. The van der Waals surface area contributed by atoms with E-state index in [-0.39, 0.29) is 27.4 Å². The molecular weight excluding hydrogens is 460 g/mol. The number of ketones is 1. The SMILES string of the molecule is COC1=C(C=C2C=C(C(C)(C)C)OC(C(C)(C)C)=C2)C(=O)/C1=C\c1cc(C(C)(C)C)[o+]c(C(C)(C)C)c1. The number of hydrogen-bond acceptors (Lipinski definition) is 3. The number of hydrogen-bond donors (Lipinski definition) is 0. The summed E-state index contributed by atoms with van der Waals surface area (Å²) < 4.78 is 18.3. The van der Waals surface area contributed by atoms with Crippen LogP contribution in [0.1, 0.15) is 100 Å². The van der Waals surface area contributed by atoms with Crippen molar-refractivity contribution in [3.8, 4) is 0 Å². The number of rotatable bonds is 3. The third-order valence-electron chi connectivity index (χ3n) is 6.39. The molecular formula is C33H45O4+. The fraction of sp³-hybridized carbons (Fsp3) is 0.515. The minimum Gasteiger partial charge on any atom is -0.495 e. The van der Waals surface area contributed by atoms with Crippen LogP contribution in [0.5, 0.6) is 0 Å². The first kappa shape index (κ1) is 28.7. The summed E-state index contributed by atoms with van der Waals surface area (Å²) in [6.07, 6.45) is 7.88. The smallest absolute Gasteiger partial charge is 0.335 e. The first-order valence-corrected chi connectivity index (χ1v) is 13.1. The standard InChI is InChI=1S/C33H45O4/c1-30(2,3)24-16-20(17-25(36-24)31(4,5)6)14-22-28(34)23(29(22)35-13)15-21-18-26(32(7,8)9)37-27(19-21)33(10,11)12/h14-19H,1-13H3/q+1. The highest BCUT2D eigenvalue weighted by Crippen LogP contribution is 2.41. The van der Waals surface area contributed by atoms with Crippen molar-refractivity contribution in [2.75, 3.05) is 7.11 Å². The molecule has 0 N–H and O–H groups in total. The summed E-state index contributed by atoms with van der Waals surface area (Å²) in [5.41, 5.74) is 2.37. The van der Waals surface area contributed by atoms with Crippen LogP contribution in [-0.4, -0.2) is 12.9 Å². The van der Waals surface area contributed by atoms with Crippen LogP contribution in [0.2, 0.25) is 0 Å². The van der Waals surface area contributed by atoms with Crippen LogP contribution in [-0.2, 0) is 25.1 Å². The van der Waals surface area contributed by atoms with Crippen LogP contribution >= 0.6 is 0 Å². The highest BCUT2D eigenvalue weighted by atomic mass is 16.5. The maximum absolute atomic E-state index is 13.4. The van der Waals surface area contributed by atoms with E-state index in [0.29, 0.717) is 16.9 Å². The summed E-state index contributed by atoms with van der Waals surface area (Å²) >= 11 is 0. The van der Waals surface area contributed by atoms with E-state index in [4.69, 9.17) is 13.9 Å². The molecule has 1 aliphatic heterocycles. The van der Waals surface area contributed by atoms with Gasteiger partial charge in [-0.15, -0.1) is 0 Å². The lowest BCUT2D eigenvalue weighted by Crippen LogP contribution is -2.24. The van der Waals surface area contributed by atoms with Gasteiger partial charge in [-0.05, 0) is 77.0 Å². The zero-order chi connectivity index (χ0) is 28.1. The summed E-state index contributed by atoms with van der Waals surface area (Å²) in [5.74, 6) is 4.10. The van der Waals surface area contributed by atoms with E-state index in [1.54, 1.807) is 7.11 Å². The van der Waals surface area contributed by atoms with Gasteiger partial charge in [-0.3, -0.25) is 4.79 Å². The molecule has 0 spiro atoms. The van der Waals surface area contributed by atoms with E-state index >= 15 is 0 Å². The Labute approximate surface area is 223 Å². The Kier molecular flexibility index (Phi) is 7.33. The van der Waals surface area contributed by atoms with Crippen molar-refractivity contribution in [2.24, 2.45) is 10.8 Å². The van der Waals surface area contributed by atoms with E-state index in [1.165, 1.54) is 0 Å². The third-order valence-corrected chi connectivity index (χ3v) is 6.39. The molecule has 0 amide bonds. The van der Waals surface area contributed by atoms with Gasteiger partial charge < -0.3 is 9.47 Å². The molecule has 1 aliphatic carbocycles. The topological polar surface area (TPSA) is 46.8 Å². The molecule has 4 nitrogen and oxygen atoms in total. The van der Waals surface area contributed by atoms with Crippen LogP contribution in [0.15, 0.2) is 68.8 Å². The zero-order valence-electron chi connectivity index (χ0n) is 25.1. The molecule has 0 saturated carbocycles. The Bertz CT molecular complexity index is 1190. The van der Waals surface area contributed by atoms with Crippen molar-refractivity contribution in [2.45, 2.75) is 93.9 Å². The van der Waals surface area contributed by atoms with Crippen LogP contribution < -0.4 is 0 Å². The second-order valence-electron chi connectivity index (χ2n) is 14.2. The van der Waals surface area contributed by atoms with E-state index in [2.05, 4.69) is 83.1 Å². The number of carbonyl (C=O) groups excluding carboxylic acids is 1. The number of methoxy groups -OCH3 is 1. The maximum atomic E-state index is 13.4. The summed E-state index contributed by atoms with van der Waals surface area (Å²) in [6.45, 7) is 25.5. The number of carbonyl (C=O) groups is 1. The predicted octanol–water partition coefficient (Wildman–Crippen LogP) is 8.84. The molecule has 37 heavy (non-hydrogen) atoms. The molecule has 4 heteroatoms. The van der Waals surface area contributed by atoms with Gasteiger partial charge in [0.05, 0.1) is 29.1 Å². The van der Waals surface area contributed by atoms with Gasteiger partial charge in [0.2, 0.25) is 5.78 Å². The van der Waals surface area contributed by atoms with Gasteiger partial charge in [0.1, 0.15) is 17.3 Å². The molecule has 2 aliphatic rings. The largest absolute Gasteiger partial charge is 0.495 e. The second-order valence-corrected chi connectivity index (χ2v) is 14.2. The van der Waals surface area contributed by atoms with Crippen molar-refractivity contribution in [3.05, 3.63) is 81.4 Å². The molecule has 1 aromatic rings. The molecule has 0 unspecified atom stereocenters. The summed E-state index contributed by atoms with van der Waals surface area (Å²) in [4.78, 5) is 13.4. The van der Waals surface area contributed by atoms with Crippen LogP contribution in [0.4, 0.5) is 0 Å². The van der Waals surface area contributed by atoms with Gasteiger partial charge in [-0.25, -0.2) is 4.42 Å². The Morgan fingerprint density at radius 1 is 0.730 bits per heavy atom. The quantitative estimate of drug-likeness (QED) is 0.304. The van der Waals surface area contributed by atoms with E-state index in [1.807, 2.05) is 36.4 Å². The fourth-order valence-corrected chi connectivity index (χ4v) is 3.94. The minimum atomic E-state index is -0.162. The molecule has 1 aromatic heterocycles. The highest BCUT2D eigenvalue weighted by Gasteiger charge is 2.37. The summed E-state index contributed by atoms with van der Waals surface area (Å²) in [6, 6.07) is 4.04. The Morgan fingerprint density at radius 3 is 1.57 bits per heavy atom. The van der Waals surface area contributed by atoms with E-state index < -0.39 is 0 Å². The van der Waals surface area contributed by atoms with Gasteiger partial charge in [-0.2, -0.15) is 0 Å². The van der Waals surface area contributed by atoms with E-state index in [0.717, 1.165) is 34.2 Å². The molecule has 200 valence electrons. The number of ether oxygens (including phenoxy) is 2. The zero-order valence-corrected chi connectivity index (χ0v) is 25.1. The molecule has 2 heterocycles. The lowest BCUT2D eigenvalue weighted by atomic mass is 9.82. The second kappa shape index (κ2) is 9.45. The molecule has 0 saturated heterocycles. The predicted molar refractivity (Wildman–Crippen MR) is 152 cm³/mol. The molecule has 0 fully saturated rings. The summed E-state index contributed by atoms with van der Waals surface area (Å²) in [5, 5.41) is 0. The first-order valence-electron chi connectivity index (χ1n) is 13.1. The van der Waals surface area contributed by atoms with Crippen molar-refractivity contribution >= 4 is 11.9 Å². The Hall–Kier alpha value is -2.88.